The number of hydrogen-bond donors (Lipinski definition) is 3. The molecule has 11 nitrogen and oxygen atoms in total. The van der Waals surface area contributed by atoms with Crippen LogP contribution in [0.3, 0.4) is 0 Å². The van der Waals surface area contributed by atoms with E-state index in [9.17, 15) is 9.67 Å². The monoisotopic (exact) mass is 359 g/mol. The Balaban J connectivity index is 1.91. The van der Waals surface area contributed by atoms with Crippen molar-refractivity contribution in [3.8, 4) is 0 Å². The first kappa shape index (κ1) is 17.2. The van der Waals surface area contributed by atoms with Gasteiger partial charge in [0.2, 0.25) is 0 Å². The van der Waals surface area contributed by atoms with E-state index in [0.29, 0.717) is 17.0 Å². The maximum atomic E-state index is 11.1. The lowest BCUT2D eigenvalue weighted by atomic mass is 10.2. The molecule has 0 amide bonds. The second-order valence-electron chi connectivity index (χ2n) is 5.60. The van der Waals surface area contributed by atoms with E-state index in [1.807, 2.05) is 14.1 Å². The number of phosphoric ester groups is 1. The highest BCUT2D eigenvalue weighted by Gasteiger charge is 2.40. The number of aliphatic hydroxyl groups excluding tert-OH is 1. The number of anilines is 1. The first-order valence-corrected chi connectivity index (χ1v) is 8.68. The van der Waals surface area contributed by atoms with Crippen LogP contribution in [0, 0.1) is 0 Å². The van der Waals surface area contributed by atoms with Crippen LogP contribution in [0.5, 0.6) is 0 Å². The molecule has 0 aromatic carbocycles. The minimum absolute atomic E-state index is 0.142. The summed E-state index contributed by atoms with van der Waals surface area (Å²) in [6.45, 7) is -0.425. The number of rotatable bonds is 5. The normalized spacial score (nSPS) is 24.6. The van der Waals surface area contributed by atoms with E-state index in [0.717, 1.165) is 0 Å². The van der Waals surface area contributed by atoms with E-state index >= 15 is 0 Å². The van der Waals surface area contributed by atoms with Gasteiger partial charge in [0.15, 0.2) is 17.0 Å². The number of fused-ring (bicyclic) bond motifs is 1. The number of aliphatic hydroxyl groups is 1. The zero-order valence-electron chi connectivity index (χ0n) is 13.1. The minimum atomic E-state index is -4.69. The third-order valence-corrected chi connectivity index (χ3v) is 4.25. The van der Waals surface area contributed by atoms with Gasteiger partial charge in [-0.05, 0) is 0 Å². The van der Waals surface area contributed by atoms with E-state index in [2.05, 4.69) is 15.0 Å². The molecule has 3 atom stereocenters. The average molecular weight is 359 g/mol. The Morgan fingerprint density at radius 1 is 1.42 bits per heavy atom. The van der Waals surface area contributed by atoms with E-state index in [1.54, 1.807) is 9.47 Å². The number of hydrogen-bond acceptors (Lipinski definition) is 8. The molecule has 132 valence electrons. The highest BCUT2D eigenvalue weighted by atomic mass is 31.2. The standard InChI is InChI=1S/C12H18N5O6P/c1-16(2)11-10-12(14-5-13-11)17(6-15-10)9-3-7(8(4-18)22-9)23-24(19,20)21/h5-9,18H,3-4H2,1-2H3,(H2,19,20,21)/t7-,8+,9+/m0/s1. The molecule has 3 heterocycles. The number of phosphoric acid groups is 1. The fourth-order valence-electron chi connectivity index (χ4n) is 2.70. The van der Waals surface area contributed by atoms with Crippen molar-refractivity contribution in [2.45, 2.75) is 24.9 Å². The van der Waals surface area contributed by atoms with Crippen LogP contribution in [0.25, 0.3) is 11.2 Å². The highest BCUT2D eigenvalue weighted by molar-refractivity contribution is 7.46. The molecule has 0 unspecified atom stereocenters. The van der Waals surface area contributed by atoms with Crippen molar-refractivity contribution in [1.29, 1.82) is 0 Å². The summed E-state index contributed by atoms with van der Waals surface area (Å²) in [5.74, 6) is 0.637. The smallest absolute Gasteiger partial charge is 0.394 e. The quantitative estimate of drug-likeness (QED) is 0.606. The van der Waals surface area contributed by atoms with Crippen LogP contribution in [-0.2, 0) is 13.8 Å². The molecule has 12 heteroatoms. The van der Waals surface area contributed by atoms with Crippen molar-refractivity contribution in [3.05, 3.63) is 12.7 Å². The van der Waals surface area contributed by atoms with Crippen molar-refractivity contribution >= 4 is 24.8 Å². The first-order chi connectivity index (χ1) is 11.3. The predicted octanol–water partition coefficient (Wildman–Crippen LogP) is -0.350. The molecule has 0 saturated carbocycles. The van der Waals surface area contributed by atoms with Gasteiger partial charge in [0.05, 0.1) is 12.9 Å². The summed E-state index contributed by atoms with van der Waals surface area (Å²) in [6.07, 6.45) is 0.657. The van der Waals surface area contributed by atoms with Crippen molar-refractivity contribution in [3.63, 3.8) is 0 Å². The van der Waals surface area contributed by atoms with Gasteiger partial charge in [-0.2, -0.15) is 0 Å². The summed E-state index contributed by atoms with van der Waals surface area (Å²) in [6, 6.07) is 0. The molecule has 1 aliphatic rings. The second kappa shape index (κ2) is 6.36. The molecule has 24 heavy (non-hydrogen) atoms. The number of nitrogens with zero attached hydrogens (tertiary/aromatic N) is 5. The fraction of sp³-hybridized carbons (Fsp3) is 0.583. The summed E-state index contributed by atoms with van der Waals surface area (Å²) in [5.41, 5.74) is 1.10. The number of ether oxygens (including phenoxy) is 1. The lowest BCUT2D eigenvalue weighted by molar-refractivity contribution is -0.0425. The Bertz CT molecular complexity index is 776. The van der Waals surface area contributed by atoms with Crippen LogP contribution in [0.2, 0.25) is 0 Å². The minimum Gasteiger partial charge on any atom is -0.394 e. The van der Waals surface area contributed by atoms with Gasteiger partial charge < -0.3 is 24.5 Å². The number of aromatic nitrogens is 4. The van der Waals surface area contributed by atoms with Gasteiger partial charge in [-0.1, -0.05) is 0 Å². The molecule has 1 aliphatic heterocycles. The molecule has 0 bridgehead atoms. The first-order valence-electron chi connectivity index (χ1n) is 7.15. The third-order valence-electron chi connectivity index (χ3n) is 3.71. The maximum absolute atomic E-state index is 11.1. The molecular formula is C12H18N5O6P. The summed E-state index contributed by atoms with van der Waals surface area (Å²) in [4.78, 5) is 32.4. The van der Waals surface area contributed by atoms with Gasteiger partial charge in [-0.25, -0.2) is 19.5 Å². The molecular weight excluding hydrogens is 341 g/mol. The van der Waals surface area contributed by atoms with Gasteiger partial charge in [-0.15, -0.1) is 0 Å². The van der Waals surface area contributed by atoms with E-state index in [1.165, 1.54) is 12.7 Å². The van der Waals surface area contributed by atoms with Gasteiger partial charge >= 0.3 is 7.82 Å². The zero-order valence-corrected chi connectivity index (χ0v) is 13.9. The molecule has 2 aromatic rings. The van der Waals surface area contributed by atoms with Crippen LogP contribution in [-0.4, -0.2) is 67.3 Å². The Hall–Kier alpha value is -1.62. The molecule has 3 N–H and O–H groups in total. The average Bonchev–Trinajstić information content (AvgIpc) is 3.08. The van der Waals surface area contributed by atoms with Crippen LogP contribution < -0.4 is 4.90 Å². The van der Waals surface area contributed by atoms with Crippen LogP contribution in [0.4, 0.5) is 5.82 Å². The molecule has 1 saturated heterocycles. The van der Waals surface area contributed by atoms with E-state index < -0.39 is 32.9 Å². The van der Waals surface area contributed by atoms with Crippen molar-refractivity contribution in [2.75, 3.05) is 25.6 Å². The third kappa shape index (κ3) is 3.27. The van der Waals surface area contributed by atoms with Crippen LogP contribution in [0.1, 0.15) is 12.6 Å². The predicted molar refractivity (Wildman–Crippen MR) is 82.2 cm³/mol. The van der Waals surface area contributed by atoms with Crippen LogP contribution >= 0.6 is 7.82 Å². The highest BCUT2D eigenvalue weighted by Crippen LogP contribution is 2.44. The topological polar surface area (TPSA) is 143 Å². The fourth-order valence-corrected chi connectivity index (χ4v) is 3.27. The zero-order chi connectivity index (χ0) is 17.5. The summed E-state index contributed by atoms with van der Waals surface area (Å²) < 4.78 is 23.1. The Morgan fingerprint density at radius 3 is 2.79 bits per heavy atom. The van der Waals surface area contributed by atoms with Crippen molar-refractivity contribution < 1.29 is 28.7 Å². The Kier molecular flexibility index (Phi) is 4.56. The molecule has 0 spiro atoms. The second-order valence-corrected chi connectivity index (χ2v) is 6.79. The van der Waals surface area contributed by atoms with Crippen molar-refractivity contribution in [2.24, 2.45) is 0 Å². The maximum Gasteiger partial charge on any atom is 0.469 e. The molecule has 3 rings (SSSR count). The molecule has 0 aliphatic carbocycles. The van der Waals surface area contributed by atoms with E-state index in [4.69, 9.17) is 19.0 Å². The SMILES string of the molecule is CN(C)c1ncnc2c1ncn2[C@H]1C[C@H](OP(=O)(O)O)[C@@H](CO)O1. The Morgan fingerprint density at radius 2 is 2.17 bits per heavy atom. The summed E-state index contributed by atoms with van der Waals surface area (Å²) in [5, 5.41) is 9.36. The Labute approximate surface area is 137 Å². The van der Waals surface area contributed by atoms with Gasteiger partial charge in [-0.3, -0.25) is 9.09 Å². The lowest BCUT2D eigenvalue weighted by Crippen LogP contribution is -2.26. The summed E-state index contributed by atoms with van der Waals surface area (Å²) in [7, 11) is -1.02. The number of imidazole rings is 1. The van der Waals surface area contributed by atoms with E-state index in [-0.39, 0.29) is 6.42 Å². The molecule has 2 aromatic heterocycles. The molecule has 1 fully saturated rings. The van der Waals surface area contributed by atoms with Gasteiger partial charge in [0.1, 0.15) is 24.8 Å². The van der Waals surface area contributed by atoms with Gasteiger partial charge in [0, 0.05) is 20.5 Å². The molecule has 0 radical (unpaired) electrons. The lowest BCUT2D eigenvalue weighted by Gasteiger charge is -2.16. The van der Waals surface area contributed by atoms with Gasteiger partial charge in [0.25, 0.3) is 0 Å². The van der Waals surface area contributed by atoms with Crippen molar-refractivity contribution in [1.82, 2.24) is 19.5 Å². The van der Waals surface area contributed by atoms with Crippen LogP contribution in [0.15, 0.2) is 12.7 Å². The largest absolute Gasteiger partial charge is 0.469 e. The summed E-state index contributed by atoms with van der Waals surface area (Å²) >= 11 is 0.